The van der Waals surface area contributed by atoms with Gasteiger partial charge in [0, 0.05) is 10.4 Å². The van der Waals surface area contributed by atoms with Gasteiger partial charge < -0.3 is 14.5 Å². The number of fused-ring (bicyclic) bond motifs is 1. The maximum absolute atomic E-state index is 12.4. The van der Waals surface area contributed by atoms with E-state index >= 15 is 0 Å². The second-order valence-electron chi connectivity index (χ2n) is 6.58. The van der Waals surface area contributed by atoms with Crippen LogP contribution in [0.5, 0.6) is 0 Å². The van der Waals surface area contributed by atoms with Crippen LogP contribution < -0.4 is 5.32 Å². The number of ether oxygens (including phenoxy) is 1. The highest BCUT2D eigenvalue weighted by molar-refractivity contribution is 7.99. The third-order valence-corrected chi connectivity index (χ3v) is 6.70. The number of benzene rings is 1. The number of esters is 1. The first-order valence-corrected chi connectivity index (χ1v) is 10.9. The smallest absolute Gasteiger partial charge is 0.341 e. The Bertz CT molecular complexity index is 1070. The zero-order chi connectivity index (χ0) is 20.4. The van der Waals surface area contributed by atoms with Crippen LogP contribution in [0.2, 0.25) is 0 Å². The summed E-state index contributed by atoms with van der Waals surface area (Å²) in [4.78, 5) is 25.8. The normalized spacial score (nSPS) is 12.6. The molecule has 3 aromatic rings. The molecule has 1 amide bonds. The minimum atomic E-state index is -0.410. The van der Waals surface area contributed by atoms with Gasteiger partial charge in [-0.2, -0.15) is 0 Å². The summed E-state index contributed by atoms with van der Waals surface area (Å²) < 4.78 is 10.6. The quantitative estimate of drug-likeness (QED) is 0.465. The van der Waals surface area contributed by atoms with Crippen molar-refractivity contribution >= 4 is 40.0 Å². The SMILES string of the molecule is COC(=O)c1c(NC(=O)CSc2nnc(-c3ccccc3C)o2)sc2c1CCC2. The Balaban J connectivity index is 1.42. The van der Waals surface area contributed by atoms with Gasteiger partial charge in [-0.3, -0.25) is 4.79 Å². The molecule has 150 valence electrons. The molecule has 2 aromatic heterocycles. The molecule has 0 unspecified atom stereocenters. The summed E-state index contributed by atoms with van der Waals surface area (Å²) in [7, 11) is 1.35. The van der Waals surface area contributed by atoms with Crippen LogP contribution in [-0.2, 0) is 22.4 Å². The van der Waals surface area contributed by atoms with Crippen LogP contribution in [0.25, 0.3) is 11.5 Å². The number of amides is 1. The van der Waals surface area contributed by atoms with Crippen LogP contribution in [0.1, 0.15) is 32.8 Å². The predicted molar refractivity (Wildman–Crippen MR) is 112 cm³/mol. The summed E-state index contributed by atoms with van der Waals surface area (Å²) in [6.45, 7) is 1.97. The number of carbonyl (C=O) groups is 2. The molecule has 1 N–H and O–H groups in total. The largest absolute Gasteiger partial charge is 0.465 e. The van der Waals surface area contributed by atoms with Gasteiger partial charge in [-0.25, -0.2) is 4.79 Å². The fraction of sp³-hybridized carbons (Fsp3) is 0.300. The lowest BCUT2D eigenvalue weighted by Crippen LogP contribution is -2.16. The highest BCUT2D eigenvalue weighted by Crippen LogP contribution is 2.39. The molecule has 0 bridgehead atoms. The van der Waals surface area contributed by atoms with Crippen molar-refractivity contribution in [3.8, 4) is 11.5 Å². The van der Waals surface area contributed by atoms with Gasteiger partial charge in [-0.05, 0) is 43.4 Å². The monoisotopic (exact) mass is 429 g/mol. The first-order valence-electron chi connectivity index (χ1n) is 9.12. The van der Waals surface area contributed by atoms with Crippen molar-refractivity contribution in [2.75, 3.05) is 18.2 Å². The first-order chi connectivity index (χ1) is 14.1. The lowest BCUT2D eigenvalue weighted by Gasteiger charge is -2.06. The molecular formula is C20H19N3O4S2. The fourth-order valence-electron chi connectivity index (χ4n) is 3.29. The second kappa shape index (κ2) is 8.38. The van der Waals surface area contributed by atoms with Crippen LogP contribution in [0.3, 0.4) is 0 Å². The number of carbonyl (C=O) groups excluding carboxylic acids is 2. The van der Waals surface area contributed by atoms with Crippen molar-refractivity contribution in [1.29, 1.82) is 0 Å². The van der Waals surface area contributed by atoms with Crippen molar-refractivity contribution in [3.63, 3.8) is 0 Å². The number of thioether (sulfide) groups is 1. The second-order valence-corrected chi connectivity index (χ2v) is 8.61. The molecule has 0 aliphatic heterocycles. The molecule has 9 heteroatoms. The van der Waals surface area contributed by atoms with Crippen LogP contribution in [0, 0.1) is 6.92 Å². The first kappa shape index (κ1) is 19.7. The van der Waals surface area contributed by atoms with Gasteiger partial charge in [0.15, 0.2) is 0 Å². The van der Waals surface area contributed by atoms with Crippen molar-refractivity contribution in [2.45, 2.75) is 31.4 Å². The predicted octanol–water partition coefficient (Wildman–Crippen LogP) is 4.11. The van der Waals surface area contributed by atoms with Gasteiger partial charge in [0.2, 0.25) is 11.8 Å². The van der Waals surface area contributed by atoms with E-state index in [4.69, 9.17) is 9.15 Å². The molecule has 1 aromatic carbocycles. The maximum atomic E-state index is 12.4. The zero-order valence-corrected chi connectivity index (χ0v) is 17.6. The Hall–Kier alpha value is -2.65. The van der Waals surface area contributed by atoms with E-state index < -0.39 is 5.97 Å². The van der Waals surface area contributed by atoms with E-state index in [1.165, 1.54) is 18.4 Å². The van der Waals surface area contributed by atoms with E-state index in [1.807, 2.05) is 31.2 Å². The third-order valence-electron chi connectivity index (χ3n) is 4.67. The molecule has 0 atom stereocenters. The highest BCUT2D eigenvalue weighted by atomic mass is 32.2. The van der Waals surface area contributed by atoms with E-state index in [1.54, 1.807) is 0 Å². The van der Waals surface area contributed by atoms with Crippen LogP contribution >= 0.6 is 23.1 Å². The summed E-state index contributed by atoms with van der Waals surface area (Å²) in [5.74, 6) is -0.130. The number of methoxy groups -OCH3 is 1. The Morgan fingerprint density at radius 2 is 2.10 bits per heavy atom. The van der Waals surface area contributed by atoms with Crippen molar-refractivity contribution < 1.29 is 18.7 Å². The lowest BCUT2D eigenvalue weighted by atomic mass is 10.1. The zero-order valence-electron chi connectivity index (χ0n) is 16.0. The van der Waals surface area contributed by atoms with E-state index in [2.05, 4.69) is 15.5 Å². The number of hydrogen-bond acceptors (Lipinski definition) is 8. The molecule has 1 aliphatic rings. The summed E-state index contributed by atoms with van der Waals surface area (Å²) >= 11 is 2.61. The van der Waals surface area contributed by atoms with Gasteiger partial charge in [-0.1, -0.05) is 30.0 Å². The van der Waals surface area contributed by atoms with Crippen LogP contribution in [0.15, 0.2) is 33.9 Å². The standard InChI is InChI=1S/C20H19N3O4S2/c1-11-6-3-4-7-12(11)17-22-23-20(27-17)28-10-15(24)21-18-16(19(25)26-2)13-8-5-9-14(13)29-18/h3-4,6-7H,5,8-10H2,1-2H3,(H,21,24). The number of hydrogen-bond donors (Lipinski definition) is 1. The van der Waals surface area contributed by atoms with Crippen LogP contribution in [-0.4, -0.2) is 34.9 Å². The lowest BCUT2D eigenvalue weighted by molar-refractivity contribution is -0.113. The minimum absolute atomic E-state index is 0.0958. The molecule has 0 saturated heterocycles. The minimum Gasteiger partial charge on any atom is -0.465 e. The van der Waals surface area contributed by atoms with E-state index in [-0.39, 0.29) is 11.7 Å². The molecule has 4 rings (SSSR count). The Kier molecular flexibility index (Phi) is 5.68. The molecule has 0 spiro atoms. The van der Waals surface area contributed by atoms with Gasteiger partial charge in [0.25, 0.3) is 5.22 Å². The Morgan fingerprint density at radius 3 is 2.90 bits per heavy atom. The molecule has 1 aliphatic carbocycles. The summed E-state index contributed by atoms with van der Waals surface area (Å²) in [6.07, 6.45) is 2.79. The molecule has 29 heavy (non-hydrogen) atoms. The van der Waals surface area contributed by atoms with Crippen molar-refractivity contribution in [1.82, 2.24) is 10.2 Å². The highest BCUT2D eigenvalue weighted by Gasteiger charge is 2.28. The van der Waals surface area contributed by atoms with Crippen molar-refractivity contribution in [2.24, 2.45) is 0 Å². The summed E-state index contributed by atoms with van der Waals surface area (Å²) in [5.41, 5.74) is 3.39. The molecule has 0 saturated carbocycles. The number of nitrogens with zero attached hydrogens (tertiary/aromatic N) is 2. The van der Waals surface area contributed by atoms with Gasteiger partial charge in [-0.15, -0.1) is 21.5 Å². The number of aryl methyl sites for hydroxylation is 2. The molecular weight excluding hydrogens is 410 g/mol. The molecule has 0 radical (unpaired) electrons. The Morgan fingerprint density at radius 1 is 1.28 bits per heavy atom. The summed E-state index contributed by atoms with van der Waals surface area (Å²) in [5, 5.41) is 11.8. The van der Waals surface area contributed by atoms with Crippen molar-refractivity contribution in [3.05, 3.63) is 45.8 Å². The van der Waals surface area contributed by atoms with E-state index in [0.717, 1.165) is 52.6 Å². The number of nitrogens with one attached hydrogen (secondary N) is 1. The topological polar surface area (TPSA) is 94.3 Å². The molecule has 0 fully saturated rings. The molecule has 7 nitrogen and oxygen atoms in total. The third kappa shape index (κ3) is 4.06. The molecule has 2 heterocycles. The number of anilines is 1. The number of aromatic nitrogens is 2. The van der Waals surface area contributed by atoms with Gasteiger partial charge in [0.05, 0.1) is 18.4 Å². The van der Waals surface area contributed by atoms with E-state index in [9.17, 15) is 9.59 Å². The summed E-state index contributed by atoms with van der Waals surface area (Å²) in [6, 6.07) is 7.73. The number of thiophene rings is 1. The van der Waals surface area contributed by atoms with Crippen LogP contribution in [0.4, 0.5) is 5.00 Å². The van der Waals surface area contributed by atoms with E-state index in [0.29, 0.717) is 21.7 Å². The Labute approximate surface area is 175 Å². The fourth-order valence-corrected chi connectivity index (χ4v) is 5.15. The average Bonchev–Trinajstić information content (AvgIpc) is 3.42. The average molecular weight is 430 g/mol. The number of rotatable bonds is 6. The van der Waals surface area contributed by atoms with Gasteiger partial charge >= 0.3 is 5.97 Å². The van der Waals surface area contributed by atoms with Gasteiger partial charge in [0.1, 0.15) is 5.00 Å². The maximum Gasteiger partial charge on any atom is 0.341 e.